The molecule has 0 saturated heterocycles. The van der Waals surface area contributed by atoms with E-state index in [1.165, 1.54) is 6.08 Å². The number of anilines is 1. The second-order valence-corrected chi connectivity index (χ2v) is 4.48. The van der Waals surface area contributed by atoms with Crippen LogP contribution >= 0.6 is 11.6 Å². The van der Waals surface area contributed by atoms with E-state index in [1.807, 2.05) is 0 Å². The Morgan fingerprint density at radius 3 is 2.95 bits per heavy atom. The van der Waals surface area contributed by atoms with Crippen molar-refractivity contribution in [3.63, 3.8) is 0 Å². The van der Waals surface area contributed by atoms with Crippen molar-refractivity contribution in [2.45, 2.75) is 6.61 Å². The summed E-state index contributed by atoms with van der Waals surface area (Å²) in [6.45, 7) is -0.0605. The molecular formula is C15H13ClN2O2. The second-order valence-electron chi connectivity index (χ2n) is 4.09. The molecule has 0 fully saturated rings. The van der Waals surface area contributed by atoms with Crippen molar-refractivity contribution in [3.05, 3.63) is 65.0 Å². The number of hydrogen-bond acceptors (Lipinski definition) is 3. The number of amides is 1. The number of benzene rings is 1. The van der Waals surface area contributed by atoms with Gasteiger partial charge in [-0.05, 0) is 41.5 Å². The van der Waals surface area contributed by atoms with Gasteiger partial charge in [0.25, 0.3) is 0 Å². The van der Waals surface area contributed by atoms with Crippen molar-refractivity contribution in [2.75, 3.05) is 5.32 Å². The third kappa shape index (κ3) is 4.19. The molecule has 20 heavy (non-hydrogen) atoms. The van der Waals surface area contributed by atoms with E-state index in [9.17, 15) is 4.79 Å². The Labute approximate surface area is 121 Å². The molecule has 0 radical (unpaired) electrons. The number of aliphatic hydroxyl groups excluding tert-OH is 1. The number of hydrogen-bond donors (Lipinski definition) is 2. The number of nitrogens with zero attached hydrogens (tertiary/aromatic N) is 1. The summed E-state index contributed by atoms with van der Waals surface area (Å²) in [5, 5.41) is 12.1. The summed E-state index contributed by atoms with van der Waals surface area (Å²) in [7, 11) is 0. The molecule has 102 valence electrons. The van der Waals surface area contributed by atoms with Crippen molar-refractivity contribution < 1.29 is 9.90 Å². The maximum Gasteiger partial charge on any atom is 0.248 e. The standard InChI is InChI=1S/C15H13ClN2O2/c16-14-9-11(6-7-17-14)4-5-15(20)18-13-3-1-2-12(8-13)10-19/h1-9,19H,10H2,(H,18,20)/b5-4+. The van der Waals surface area contributed by atoms with Crippen LogP contribution in [0, 0.1) is 0 Å². The van der Waals surface area contributed by atoms with Gasteiger partial charge in [0, 0.05) is 18.0 Å². The smallest absolute Gasteiger partial charge is 0.248 e. The number of nitrogens with one attached hydrogen (secondary N) is 1. The zero-order valence-corrected chi connectivity index (χ0v) is 11.3. The second kappa shape index (κ2) is 6.84. The molecule has 2 N–H and O–H groups in total. The zero-order valence-electron chi connectivity index (χ0n) is 10.6. The average molecular weight is 289 g/mol. The predicted octanol–water partition coefficient (Wildman–Crippen LogP) is 2.88. The molecule has 0 spiro atoms. The minimum Gasteiger partial charge on any atom is -0.392 e. The molecule has 0 unspecified atom stereocenters. The van der Waals surface area contributed by atoms with E-state index in [0.717, 1.165) is 11.1 Å². The fourth-order valence-corrected chi connectivity index (χ4v) is 1.81. The first-order valence-electron chi connectivity index (χ1n) is 5.98. The number of aliphatic hydroxyl groups is 1. The van der Waals surface area contributed by atoms with E-state index in [4.69, 9.17) is 16.7 Å². The highest BCUT2D eigenvalue weighted by Crippen LogP contribution is 2.11. The van der Waals surface area contributed by atoms with Gasteiger partial charge >= 0.3 is 0 Å². The summed E-state index contributed by atoms with van der Waals surface area (Å²) < 4.78 is 0. The van der Waals surface area contributed by atoms with Crippen LogP contribution in [0.2, 0.25) is 5.15 Å². The van der Waals surface area contributed by atoms with E-state index >= 15 is 0 Å². The van der Waals surface area contributed by atoms with Gasteiger partial charge in [-0.3, -0.25) is 4.79 Å². The zero-order chi connectivity index (χ0) is 14.4. The van der Waals surface area contributed by atoms with Crippen LogP contribution in [0.15, 0.2) is 48.7 Å². The van der Waals surface area contributed by atoms with Gasteiger partial charge in [0.2, 0.25) is 5.91 Å². The van der Waals surface area contributed by atoms with Gasteiger partial charge in [0.1, 0.15) is 5.15 Å². The molecule has 1 heterocycles. The highest BCUT2D eigenvalue weighted by Gasteiger charge is 1.99. The highest BCUT2D eigenvalue weighted by molar-refractivity contribution is 6.29. The number of pyridine rings is 1. The molecule has 0 saturated carbocycles. The lowest BCUT2D eigenvalue weighted by atomic mass is 10.2. The number of rotatable bonds is 4. The molecule has 2 aromatic rings. The first kappa shape index (κ1) is 14.2. The Hall–Kier alpha value is -2.17. The SMILES string of the molecule is O=C(/C=C/c1ccnc(Cl)c1)Nc1cccc(CO)c1. The van der Waals surface area contributed by atoms with E-state index in [-0.39, 0.29) is 12.5 Å². The van der Waals surface area contributed by atoms with Gasteiger partial charge in [0.15, 0.2) is 0 Å². The molecule has 1 amide bonds. The largest absolute Gasteiger partial charge is 0.392 e. The maximum atomic E-state index is 11.8. The van der Waals surface area contributed by atoms with Gasteiger partial charge < -0.3 is 10.4 Å². The molecule has 5 heteroatoms. The van der Waals surface area contributed by atoms with Crippen LogP contribution in [0.3, 0.4) is 0 Å². The summed E-state index contributed by atoms with van der Waals surface area (Å²) >= 11 is 5.75. The summed E-state index contributed by atoms with van der Waals surface area (Å²) in [4.78, 5) is 15.6. The van der Waals surface area contributed by atoms with Crippen LogP contribution in [0.4, 0.5) is 5.69 Å². The molecule has 1 aromatic carbocycles. The van der Waals surface area contributed by atoms with E-state index in [0.29, 0.717) is 10.8 Å². The molecule has 4 nitrogen and oxygen atoms in total. The Kier molecular flexibility index (Phi) is 4.87. The Morgan fingerprint density at radius 2 is 2.20 bits per heavy atom. The normalized spacial score (nSPS) is 10.7. The van der Waals surface area contributed by atoms with E-state index in [2.05, 4.69) is 10.3 Å². The van der Waals surface area contributed by atoms with Gasteiger partial charge in [-0.2, -0.15) is 0 Å². The Balaban J connectivity index is 2.01. The Morgan fingerprint density at radius 1 is 1.35 bits per heavy atom. The van der Waals surface area contributed by atoms with Crippen LogP contribution in [-0.2, 0) is 11.4 Å². The lowest BCUT2D eigenvalue weighted by Gasteiger charge is -2.03. The van der Waals surface area contributed by atoms with Crippen molar-refractivity contribution in [1.29, 1.82) is 0 Å². The van der Waals surface area contributed by atoms with E-state index in [1.54, 1.807) is 48.7 Å². The van der Waals surface area contributed by atoms with Crippen molar-refractivity contribution in [1.82, 2.24) is 4.98 Å². The highest BCUT2D eigenvalue weighted by atomic mass is 35.5. The van der Waals surface area contributed by atoms with Gasteiger partial charge in [-0.25, -0.2) is 4.98 Å². The first-order valence-corrected chi connectivity index (χ1v) is 6.35. The summed E-state index contributed by atoms with van der Waals surface area (Å²) in [5.74, 6) is -0.256. The summed E-state index contributed by atoms with van der Waals surface area (Å²) in [5.41, 5.74) is 2.18. The lowest BCUT2D eigenvalue weighted by molar-refractivity contribution is -0.111. The maximum absolute atomic E-state index is 11.8. The van der Waals surface area contributed by atoms with Crippen LogP contribution < -0.4 is 5.32 Å². The monoisotopic (exact) mass is 288 g/mol. The third-order valence-electron chi connectivity index (χ3n) is 2.55. The van der Waals surface area contributed by atoms with Crippen molar-refractivity contribution in [3.8, 4) is 0 Å². The topological polar surface area (TPSA) is 62.2 Å². The summed E-state index contributed by atoms with van der Waals surface area (Å²) in [6.07, 6.45) is 4.64. The van der Waals surface area contributed by atoms with Crippen LogP contribution in [0.5, 0.6) is 0 Å². The molecule has 2 rings (SSSR count). The summed E-state index contributed by atoms with van der Waals surface area (Å²) in [6, 6.07) is 10.4. The van der Waals surface area contributed by atoms with Gasteiger partial charge in [0.05, 0.1) is 6.61 Å². The molecule has 0 aliphatic carbocycles. The van der Waals surface area contributed by atoms with E-state index < -0.39 is 0 Å². The molecule has 0 bridgehead atoms. The minimum atomic E-state index is -0.256. The van der Waals surface area contributed by atoms with Crippen LogP contribution in [0.25, 0.3) is 6.08 Å². The van der Waals surface area contributed by atoms with Gasteiger partial charge in [-0.15, -0.1) is 0 Å². The third-order valence-corrected chi connectivity index (χ3v) is 2.76. The number of halogens is 1. The molecule has 0 aliphatic heterocycles. The number of carbonyl (C=O) groups excluding carboxylic acids is 1. The Bertz CT molecular complexity index is 641. The quantitative estimate of drug-likeness (QED) is 0.672. The van der Waals surface area contributed by atoms with Crippen molar-refractivity contribution >= 4 is 29.3 Å². The number of carbonyl (C=O) groups is 1. The minimum absolute atomic E-state index is 0.0605. The first-order chi connectivity index (χ1) is 9.67. The van der Waals surface area contributed by atoms with Gasteiger partial charge in [-0.1, -0.05) is 23.7 Å². The van der Waals surface area contributed by atoms with Crippen molar-refractivity contribution in [2.24, 2.45) is 0 Å². The fraction of sp³-hybridized carbons (Fsp3) is 0.0667. The molecule has 0 atom stereocenters. The molecular weight excluding hydrogens is 276 g/mol. The predicted molar refractivity (Wildman–Crippen MR) is 79.3 cm³/mol. The lowest BCUT2D eigenvalue weighted by Crippen LogP contribution is -2.07. The molecule has 1 aromatic heterocycles. The van der Waals surface area contributed by atoms with Crippen LogP contribution in [-0.4, -0.2) is 16.0 Å². The molecule has 0 aliphatic rings. The number of aromatic nitrogens is 1. The fourth-order valence-electron chi connectivity index (χ4n) is 1.62. The average Bonchev–Trinajstić information content (AvgIpc) is 2.45. The van der Waals surface area contributed by atoms with Crippen LogP contribution in [0.1, 0.15) is 11.1 Å².